The minimum atomic E-state index is -0.181. The molecule has 0 saturated heterocycles. The van der Waals surface area contributed by atoms with Crippen molar-refractivity contribution in [3.05, 3.63) is 169 Å². The maximum Gasteiger partial charge on any atom is 0.454 e. The van der Waals surface area contributed by atoms with Crippen molar-refractivity contribution < 1.29 is 24.4 Å². The van der Waals surface area contributed by atoms with Crippen molar-refractivity contribution in [1.29, 1.82) is 0 Å². The molecule has 0 aliphatic rings. The van der Waals surface area contributed by atoms with Gasteiger partial charge in [-0.25, -0.2) is 19.9 Å². The Bertz CT molecular complexity index is 3200. The molecular weight excluding hydrogens is 1020 g/mol. The zero-order valence-electron chi connectivity index (χ0n) is 43.9. The number of anilines is 3. The predicted molar refractivity (Wildman–Crippen MR) is 304 cm³/mol. The number of carbonyl (C=O) groups excluding carboxylic acids is 3. The molecule has 3 aromatic carbocycles. The van der Waals surface area contributed by atoms with E-state index in [0.29, 0.717) is 85.8 Å². The van der Waals surface area contributed by atoms with Gasteiger partial charge < -0.3 is 26.6 Å². The number of hydrogen-bond donors (Lipinski definition) is 9. The number of H-pyrrole nitrogens is 5. The van der Waals surface area contributed by atoms with Crippen LogP contribution in [0.1, 0.15) is 63.8 Å². The van der Waals surface area contributed by atoms with Crippen LogP contribution in [0.4, 0.5) is 29.5 Å². The SMILES string of the molecule is C.CN=Nc1cc[nH+]c(NCCCNC(=O)c2cc(-c3ccccc3)n[nH]2)n1.CN=Nc1nc(NCCCNC(=O)c2cc(-c3ccccc3)n[nH]2)cc[nH+]1.Cc1ccnc(NCCCNC(=O)c2cc(-c3ccccc3)n[nH]2)n1. The number of hydrogen-bond acceptors (Lipinski definition) is 17. The van der Waals surface area contributed by atoms with Crippen molar-refractivity contribution in [3.63, 3.8) is 0 Å². The molecule has 0 fully saturated rings. The molecule has 0 saturated carbocycles. The number of aromatic amines is 5. The van der Waals surface area contributed by atoms with Gasteiger partial charge in [-0.05, 0) is 60.4 Å². The topological polar surface area (TPSA) is 339 Å². The first kappa shape index (κ1) is 58.8. The van der Waals surface area contributed by atoms with Gasteiger partial charge in [0.05, 0.1) is 43.1 Å². The standard InChI is InChI=1S/2C18H20N8O.C18H20N6O.CH4/c1-19-26-16-8-11-22-18(23-16)21-10-5-9-20-17(27)15-12-14(24-25-15)13-6-3-2-4-7-13;1-19-26-18-22-11-8-16(23-18)20-9-5-10-21-17(27)15-12-14(24-25-15)13-6-3-2-4-7-13;1-13-8-11-21-18(22-13)20-10-5-9-19-17(25)16-12-15(23-24-16)14-6-3-2-4-7-14;/h2-4,6-8,11-12H,5,9-10H2,1H3,(H,20,27)(H,24,25)(H,21,22,23);2-4,6-8,11-12H,5,9-10H2,1H3,(H,21,27)(H,24,25)(H,20,22,23);2-4,6-8,11-12H,5,9-10H2,1H3,(H,19,25)(H,23,24)(H,20,21,22);1H4/p+2. The molecule has 6 aromatic heterocycles. The number of carbonyl (C=O) groups is 3. The summed E-state index contributed by atoms with van der Waals surface area (Å²) >= 11 is 0. The van der Waals surface area contributed by atoms with Gasteiger partial charge in [-0.3, -0.25) is 35.0 Å². The van der Waals surface area contributed by atoms with Crippen LogP contribution in [0.5, 0.6) is 0 Å². The fourth-order valence-electron chi connectivity index (χ4n) is 7.15. The summed E-state index contributed by atoms with van der Waals surface area (Å²) in [5, 5.41) is 54.0. The third-order valence-electron chi connectivity index (χ3n) is 11.0. The first-order chi connectivity index (χ1) is 38.7. The van der Waals surface area contributed by atoms with Gasteiger partial charge in [0.1, 0.15) is 17.1 Å². The first-order valence-electron chi connectivity index (χ1n) is 25.3. The molecule has 0 unspecified atom stereocenters. The number of azo groups is 2. The van der Waals surface area contributed by atoms with Crippen LogP contribution in [0.2, 0.25) is 0 Å². The largest absolute Gasteiger partial charge is 0.454 e. The summed E-state index contributed by atoms with van der Waals surface area (Å²) in [4.78, 5) is 59.3. The van der Waals surface area contributed by atoms with E-state index >= 15 is 0 Å². The highest BCUT2D eigenvalue weighted by Crippen LogP contribution is 2.19. The number of benzene rings is 3. The van der Waals surface area contributed by atoms with E-state index in [-0.39, 0.29) is 25.1 Å². The predicted octanol–water partition coefficient (Wildman–Crippen LogP) is 7.51. The monoisotopic (exact) mass is 1080 g/mol. The number of nitrogens with zero attached hydrogens (tertiary/aromatic N) is 11. The average Bonchev–Trinajstić information content (AvgIpc) is 4.30. The van der Waals surface area contributed by atoms with Crippen LogP contribution in [0.25, 0.3) is 33.8 Å². The molecular formula is C55H66N22O3+2. The molecule has 0 aliphatic heterocycles. The average molecular weight is 1080 g/mol. The fraction of sp³-hybridized carbons (Fsp3) is 0.236. The van der Waals surface area contributed by atoms with Crippen molar-refractivity contribution in [2.24, 2.45) is 20.5 Å². The van der Waals surface area contributed by atoms with Crippen molar-refractivity contribution in [2.75, 3.05) is 69.3 Å². The number of aryl methyl sites for hydroxylation is 1. The van der Waals surface area contributed by atoms with E-state index in [4.69, 9.17) is 0 Å². The summed E-state index contributed by atoms with van der Waals surface area (Å²) in [6.07, 6.45) is 7.45. The summed E-state index contributed by atoms with van der Waals surface area (Å²) in [6, 6.07) is 39.8. The molecule has 412 valence electrons. The van der Waals surface area contributed by atoms with E-state index in [0.717, 1.165) is 58.7 Å². The van der Waals surface area contributed by atoms with Crippen LogP contribution < -0.4 is 41.9 Å². The lowest BCUT2D eigenvalue weighted by Gasteiger charge is -2.06. The highest BCUT2D eigenvalue weighted by molar-refractivity contribution is 5.94. The van der Waals surface area contributed by atoms with Gasteiger partial charge in [-0.15, -0.1) is 10.2 Å². The lowest BCUT2D eigenvalue weighted by molar-refractivity contribution is -0.367. The van der Waals surface area contributed by atoms with Crippen LogP contribution in [-0.4, -0.2) is 122 Å². The number of rotatable bonds is 23. The normalized spacial score (nSPS) is 10.6. The molecule has 11 N–H and O–H groups in total. The van der Waals surface area contributed by atoms with Crippen LogP contribution >= 0.6 is 0 Å². The van der Waals surface area contributed by atoms with E-state index in [1.165, 1.54) is 0 Å². The van der Waals surface area contributed by atoms with Crippen molar-refractivity contribution in [2.45, 2.75) is 33.6 Å². The Morgan fingerprint density at radius 1 is 0.512 bits per heavy atom. The van der Waals surface area contributed by atoms with Gasteiger partial charge in [0.2, 0.25) is 11.8 Å². The number of aromatic nitrogens is 12. The fourth-order valence-corrected chi connectivity index (χ4v) is 7.15. The van der Waals surface area contributed by atoms with E-state index in [1.54, 1.807) is 57.0 Å². The summed E-state index contributed by atoms with van der Waals surface area (Å²) in [5.74, 6) is 2.34. The quantitative estimate of drug-likeness (QED) is 0.0221. The Morgan fingerprint density at radius 2 is 0.975 bits per heavy atom. The zero-order chi connectivity index (χ0) is 55.3. The lowest BCUT2D eigenvalue weighted by atomic mass is 10.1. The summed E-state index contributed by atoms with van der Waals surface area (Å²) < 4.78 is 0. The molecule has 25 heteroatoms. The molecule has 6 heterocycles. The molecule has 0 atom stereocenters. The Labute approximate surface area is 462 Å². The first-order valence-corrected chi connectivity index (χ1v) is 25.3. The zero-order valence-corrected chi connectivity index (χ0v) is 43.9. The van der Waals surface area contributed by atoms with Gasteiger partial charge in [0.15, 0.2) is 0 Å². The molecule has 25 nitrogen and oxygen atoms in total. The molecule has 0 bridgehead atoms. The third kappa shape index (κ3) is 19.3. The second-order valence-electron chi connectivity index (χ2n) is 16.9. The van der Waals surface area contributed by atoms with Gasteiger partial charge in [-0.1, -0.05) is 98.4 Å². The molecule has 80 heavy (non-hydrogen) atoms. The van der Waals surface area contributed by atoms with Gasteiger partial charge in [0.25, 0.3) is 23.5 Å². The highest BCUT2D eigenvalue weighted by atomic mass is 16.2. The van der Waals surface area contributed by atoms with Crippen molar-refractivity contribution >= 4 is 47.2 Å². The van der Waals surface area contributed by atoms with Crippen molar-refractivity contribution in [3.8, 4) is 33.8 Å². The second-order valence-corrected chi connectivity index (χ2v) is 16.9. The second kappa shape index (κ2) is 32.2. The molecule has 0 spiro atoms. The molecule has 9 aromatic rings. The maximum absolute atomic E-state index is 12.2. The van der Waals surface area contributed by atoms with Crippen molar-refractivity contribution in [1.82, 2.24) is 66.5 Å². The number of nitrogens with one attached hydrogen (secondary N) is 11. The molecule has 9 rings (SSSR count). The minimum absolute atomic E-state index is 0. The van der Waals surface area contributed by atoms with Gasteiger partial charge in [-0.2, -0.15) is 20.4 Å². The van der Waals surface area contributed by atoms with E-state index in [2.05, 4.69) is 113 Å². The Kier molecular flexibility index (Phi) is 23.7. The van der Waals surface area contributed by atoms with Gasteiger partial charge >= 0.3 is 11.9 Å². The number of amides is 3. The summed E-state index contributed by atoms with van der Waals surface area (Å²) in [7, 11) is 3.18. The highest BCUT2D eigenvalue weighted by Gasteiger charge is 2.14. The Balaban J connectivity index is 0.000000192. The molecule has 0 radical (unpaired) electrons. The van der Waals surface area contributed by atoms with Gasteiger partial charge in [0, 0.05) is 85.6 Å². The Morgan fingerprint density at radius 3 is 1.45 bits per heavy atom. The Hall–Kier alpha value is -10.5. The van der Waals surface area contributed by atoms with Crippen LogP contribution in [0.3, 0.4) is 0 Å². The molecule has 0 aliphatic carbocycles. The minimum Gasteiger partial charge on any atom is -0.356 e. The smallest absolute Gasteiger partial charge is 0.356 e. The van der Waals surface area contributed by atoms with Crippen LogP contribution in [0, 0.1) is 6.92 Å². The van der Waals surface area contributed by atoms with Crippen LogP contribution in [-0.2, 0) is 0 Å². The lowest BCUT2D eigenvalue weighted by Crippen LogP contribution is -2.26. The summed E-state index contributed by atoms with van der Waals surface area (Å²) in [5.41, 5.74) is 7.39. The maximum atomic E-state index is 12.2. The molecule has 3 amide bonds. The van der Waals surface area contributed by atoms with E-state index < -0.39 is 0 Å². The van der Waals surface area contributed by atoms with Crippen LogP contribution in [0.15, 0.2) is 166 Å². The van der Waals surface area contributed by atoms with E-state index in [9.17, 15) is 14.4 Å². The summed E-state index contributed by atoms with van der Waals surface area (Å²) in [6.45, 7) is 5.53. The van der Waals surface area contributed by atoms with E-state index in [1.807, 2.05) is 110 Å². The third-order valence-corrected chi connectivity index (χ3v) is 11.0.